The average molecular weight is 578 g/mol. The summed E-state index contributed by atoms with van der Waals surface area (Å²) in [6, 6.07) is 30.9. The molecule has 8 nitrogen and oxygen atoms in total. The van der Waals surface area contributed by atoms with E-state index in [0.717, 1.165) is 58.5 Å². The largest absolute Gasteiger partial charge is 0.511 e. The van der Waals surface area contributed by atoms with E-state index in [0.29, 0.717) is 24.4 Å². The Labute approximate surface area is 251 Å². The number of hydrogen-bond donors (Lipinski definition) is 1. The predicted molar refractivity (Wildman–Crippen MR) is 168 cm³/mol. The van der Waals surface area contributed by atoms with Crippen LogP contribution < -0.4 is 9.64 Å². The van der Waals surface area contributed by atoms with E-state index in [1.165, 1.54) is 0 Å². The molecular weight excluding hydrogens is 542 g/mol. The molecule has 0 saturated heterocycles. The molecule has 0 radical (unpaired) electrons. The van der Waals surface area contributed by atoms with Gasteiger partial charge >= 0.3 is 12.2 Å². The fraction of sp³-hybridized carbons (Fsp3) is 0.229. The minimum Gasteiger partial charge on any atom is -0.449 e. The zero-order chi connectivity index (χ0) is 30.2. The minimum absolute atomic E-state index is 0.286. The molecule has 5 aromatic rings. The molecule has 0 unspecified atom stereocenters. The second-order valence-electron chi connectivity index (χ2n) is 10.2. The lowest BCUT2D eigenvalue weighted by Crippen LogP contribution is -2.31. The van der Waals surface area contributed by atoms with Crippen LogP contribution in [0.2, 0.25) is 0 Å². The Kier molecular flexibility index (Phi) is 9.36. The molecule has 43 heavy (non-hydrogen) atoms. The number of ether oxygens (including phenoxy) is 2. The van der Waals surface area contributed by atoms with E-state index in [2.05, 4.69) is 11.5 Å². The standard InChI is InChI=1S/C35H35N3O5/c1-3-5-15-33-36-30-21-20-28(37(34(39)42-4-2)23-25-11-7-6-8-12-25)22-31(30)38(33)24-26-16-18-27(19-17-26)29-13-9-10-14-32(29)43-35(40)41/h6-14,16-22H,3-5,15,23-24H2,1-2H3,(H,40,41). The first-order chi connectivity index (χ1) is 21.0. The highest BCUT2D eigenvalue weighted by atomic mass is 16.7. The van der Waals surface area contributed by atoms with Gasteiger partial charge < -0.3 is 19.1 Å². The molecule has 0 bridgehead atoms. The van der Waals surface area contributed by atoms with Crippen molar-refractivity contribution in [3.05, 3.63) is 114 Å². The zero-order valence-corrected chi connectivity index (χ0v) is 24.4. The van der Waals surface area contributed by atoms with Gasteiger partial charge in [-0.3, -0.25) is 4.90 Å². The van der Waals surface area contributed by atoms with Crippen molar-refractivity contribution in [1.29, 1.82) is 0 Å². The number of carboxylic acid groups (broad SMARTS) is 1. The number of aryl methyl sites for hydroxylation is 1. The molecule has 0 atom stereocenters. The monoisotopic (exact) mass is 577 g/mol. The van der Waals surface area contributed by atoms with Crippen molar-refractivity contribution < 1.29 is 24.2 Å². The van der Waals surface area contributed by atoms with Crippen LogP contribution >= 0.6 is 0 Å². The van der Waals surface area contributed by atoms with Crippen LogP contribution in [0, 0.1) is 0 Å². The van der Waals surface area contributed by atoms with Crippen molar-refractivity contribution in [2.45, 2.75) is 46.2 Å². The van der Waals surface area contributed by atoms with Gasteiger partial charge in [-0.15, -0.1) is 0 Å². The fourth-order valence-corrected chi connectivity index (χ4v) is 5.12. The second kappa shape index (κ2) is 13.7. The van der Waals surface area contributed by atoms with Crippen LogP contribution in [-0.2, 0) is 24.2 Å². The van der Waals surface area contributed by atoms with Crippen LogP contribution in [0.4, 0.5) is 15.3 Å². The summed E-state index contributed by atoms with van der Waals surface area (Å²) >= 11 is 0. The number of imidazole rings is 1. The number of carbonyl (C=O) groups is 2. The van der Waals surface area contributed by atoms with E-state index >= 15 is 0 Å². The van der Waals surface area contributed by atoms with Gasteiger partial charge in [0.2, 0.25) is 0 Å². The van der Waals surface area contributed by atoms with Crippen molar-refractivity contribution >= 4 is 29.0 Å². The summed E-state index contributed by atoms with van der Waals surface area (Å²) in [6.07, 6.45) is 1.16. The Hall–Kier alpha value is -5.11. The van der Waals surface area contributed by atoms with E-state index in [1.807, 2.05) is 84.9 Å². The molecule has 0 aliphatic heterocycles. The van der Waals surface area contributed by atoms with E-state index in [1.54, 1.807) is 24.0 Å². The van der Waals surface area contributed by atoms with Gasteiger partial charge in [0, 0.05) is 24.2 Å². The van der Waals surface area contributed by atoms with E-state index in [4.69, 9.17) is 19.6 Å². The lowest BCUT2D eigenvalue weighted by molar-refractivity contribution is 0.144. The maximum Gasteiger partial charge on any atom is 0.511 e. The number of hydrogen-bond acceptors (Lipinski definition) is 5. The molecule has 1 N–H and O–H groups in total. The first-order valence-corrected chi connectivity index (χ1v) is 14.5. The molecule has 220 valence electrons. The predicted octanol–water partition coefficient (Wildman–Crippen LogP) is 8.31. The van der Waals surface area contributed by atoms with Gasteiger partial charge in [0.1, 0.15) is 11.6 Å². The summed E-state index contributed by atoms with van der Waals surface area (Å²) < 4.78 is 12.6. The molecular formula is C35H35N3O5. The molecule has 1 heterocycles. The first kappa shape index (κ1) is 29.4. The third-order valence-electron chi connectivity index (χ3n) is 7.24. The highest BCUT2D eigenvalue weighted by molar-refractivity contribution is 5.91. The molecule has 5 rings (SSSR count). The van der Waals surface area contributed by atoms with Gasteiger partial charge in [-0.05, 0) is 54.3 Å². The van der Waals surface area contributed by atoms with Crippen LogP contribution in [0.5, 0.6) is 5.75 Å². The van der Waals surface area contributed by atoms with Crippen LogP contribution in [0.1, 0.15) is 43.6 Å². The molecule has 0 saturated carbocycles. The van der Waals surface area contributed by atoms with Gasteiger partial charge in [0.15, 0.2) is 0 Å². The van der Waals surface area contributed by atoms with Crippen molar-refractivity contribution in [3.8, 4) is 16.9 Å². The molecule has 0 spiro atoms. The van der Waals surface area contributed by atoms with Gasteiger partial charge in [0.25, 0.3) is 0 Å². The van der Waals surface area contributed by atoms with Crippen LogP contribution in [-0.4, -0.2) is 33.5 Å². The minimum atomic E-state index is -1.35. The van der Waals surface area contributed by atoms with E-state index in [-0.39, 0.29) is 6.61 Å². The number of fused-ring (bicyclic) bond motifs is 1. The Bertz CT molecular complexity index is 1700. The number of nitrogens with zero attached hydrogens (tertiary/aromatic N) is 3. The van der Waals surface area contributed by atoms with E-state index < -0.39 is 12.2 Å². The molecule has 0 aliphatic rings. The molecule has 1 amide bonds. The number of carbonyl (C=O) groups excluding carboxylic acids is 1. The summed E-state index contributed by atoms with van der Waals surface area (Å²) in [7, 11) is 0. The summed E-state index contributed by atoms with van der Waals surface area (Å²) in [5.74, 6) is 1.28. The van der Waals surface area contributed by atoms with Crippen LogP contribution in [0.15, 0.2) is 97.1 Å². The number of anilines is 1. The topological polar surface area (TPSA) is 93.9 Å². The van der Waals surface area contributed by atoms with Gasteiger partial charge in [0.05, 0.1) is 24.2 Å². The average Bonchev–Trinajstić information content (AvgIpc) is 3.36. The van der Waals surface area contributed by atoms with E-state index in [9.17, 15) is 9.59 Å². The SMILES string of the molecule is CCCCc1nc2ccc(N(Cc3ccccc3)C(=O)OCC)cc2n1Cc1ccc(-c2ccccc2OC(=O)O)cc1. The molecule has 4 aromatic carbocycles. The Balaban J connectivity index is 1.50. The maximum absolute atomic E-state index is 13.1. The Morgan fingerprint density at radius 2 is 1.63 bits per heavy atom. The number of para-hydroxylation sites is 1. The van der Waals surface area contributed by atoms with Gasteiger partial charge in [-0.2, -0.15) is 0 Å². The number of unbranched alkanes of at least 4 members (excludes halogenated alkanes) is 1. The molecule has 0 aliphatic carbocycles. The summed E-state index contributed by atoms with van der Waals surface area (Å²) in [5.41, 5.74) is 6.18. The van der Waals surface area contributed by atoms with Crippen molar-refractivity contribution in [3.63, 3.8) is 0 Å². The number of benzene rings is 4. The normalized spacial score (nSPS) is 10.9. The molecule has 1 aromatic heterocycles. The third kappa shape index (κ3) is 7.04. The molecule has 0 fully saturated rings. The highest BCUT2D eigenvalue weighted by Gasteiger charge is 2.20. The van der Waals surface area contributed by atoms with Crippen molar-refractivity contribution in [1.82, 2.24) is 9.55 Å². The summed E-state index contributed by atoms with van der Waals surface area (Å²) in [4.78, 5) is 30.9. The van der Waals surface area contributed by atoms with Crippen molar-refractivity contribution in [2.75, 3.05) is 11.5 Å². The lowest BCUT2D eigenvalue weighted by Gasteiger charge is -2.22. The lowest BCUT2D eigenvalue weighted by atomic mass is 10.0. The van der Waals surface area contributed by atoms with Gasteiger partial charge in [-0.25, -0.2) is 14.6 Å². The maximum atomic E-state index is 13.1. The van der Waals surface area contributed by atoms with Gasteiger partial charge in [-0.1, -0.05) is 86.1 Å². The summed E-state index contributed by atoms with van der Waals surface area (Å²) in [5, 5.41) is 9.13. The highest BCUT2D eigenvalue weighted by Crippen LogP contribution is 2.31. The van der Waals surface area contributed by atoms with Crippen LogP contribution in [0.25, 0.3) is 22.2 Å². The van der Waals surface area contributed by atoms with Crippen LogP contribution in [0.3, 0.4) is 0 Å². The third-order valence-corrected chi connectivity index (χ3v) is 7.24. The Morgan fingerprint density at radius 3 is 2.35 bits per heavy atom. The van der Waals surface area contributed by atoms with Crippen molar-refractivity contribution in [2.24, 2.45) is 0 Å². The quantitative estimate of drug-likeness (QED) is 0.125. The smallest absolute Gasteiger partial charge is 0.449 e. The summed E-state index contributed by atoms with van der Waals surface area (Å²) in [6.45, 7) is 5.23. The zero-order valence-electron chi connectivity index (χ0n) is 24.4. The Morgan fingerprint density at radius 1 is 0.884 bits per heavy atom. The number of amides is 1. The molecule has 8 heteroatoms. The number of rotatable bonds is 11. The number of aromatic nitrogens is 2. The fourth-order valence-electron chi connectivity index (χ4n) is 5.12. The second-order valence-corrected chi connectivity index (χ2v) is 10.2. The first-order valence-electron chi connectivity index (χ1n) is 14.5.